The number of aryl methyl sites for hydroxylation is 1. The summed E-state index contributed by atoms with van der Waals surface area (Å²) < 4.78 is 6.37. The molecule has 0 aliphatic heterocycles. The minimum absolute atomic E-state index is 0.0434. The molecule has 3 rings (SSSR count). The number of anilines is 2. The summed E-state index contributed by atoms with van der Waals surface area (Å²) in [6.45, 7) is 2.66. The number of nitrogens with two attached hydrogens (primary N) is 1. The molecule has 0 saturated carbocycles. The zero-order valence-electron chi connectivity index (χ0n) is 17.6. The fourth-order valence-corrected chi connectivity index (χ4v) is 3.38. The molecule has 8 heteroatoms. The lowest BCUT2D eigenvalue weighted by atomic mass is 10.1. The van der Waals surface area contributed by atoms with Crippen LogP contribution in [-0.2, 0) is 11.3 Å². The molecule has 8 nitrogen and oxygen atoms in total. The first-order chi connectivity index (χ1) is 14.9. The number of carbonyl (C=O) groups excluding carboxylic acids is 1. The second kappa shape index (κ2) is 9.90. The van der Waals surface area contributed by atoms with Crippen LogP contribution in [-0.4, -0.2) is 35.7 Å². The quantitative estimate of drug-likeness (QED) is 0.541. The Morgan fingerprint density at radius 2 is 1.87 bits per heavy atom. The Hall–Kier alpha value is -3.65. The van der Waals surface area contributed by atoms with Gasteiger partial charge in [0.1, 0.15) is 5.82 Å². The van der Waals surface area contributed by atoms with E-state index in [9.17, 15) is 14.4 Å². The van der Waals surface area contributed by atoms with Gasteiger partial charge >= 0.3 is 5.69 Å². The zero-order chi connectivity index (χ0) is 22.4. The summed E-state index contributed by atoms with van der Waals surface area (Å²) >= 11 is 0. The van der Waals surface area contributed by atoms with E-state index in [0.717, 1.165) is 11.1 Å². The number of aromatic nitrogens is 2. The Kier molecular flexibility index (Phi) is 7.04. The third-order valence-electron chi connectivity index (χ3n) is 4.91. The number of benzene rings is 2. The number of H-pyrrole nitrogens is 1. The number of hydrogen-bond acceptors (Lipinski definition) is 5. The summed E-state index contributed by atoms with van der Waals surface area (Å²) in [5.41, 5.74) is 7.11. The van der Waals surface area contributed by atoms with Gasteiger partial charge in [0.15, 0.2) is 5.69 Å². The monoisotopic (exact) mass is 422 g/mol. The lowest BCUT2D eigenvalue weighted by Crippen LogP contribution is -2.42. The molecule has 3 aromatic rings. The lowest BCUT2D eigenvalue weighted by molar-refractivity contribution is 0.0983. The van der Waals surface area contributed by atoms with Gasteiger partial charge < -0.3 is 15.4 Å². The number of hydrogen-bond donors (Lipinski definition) is 2. The summed E-state index contributed by atoms with van der Waals surface area (Å²) in [5.74, 6) is -0.432. The molecule has 0 atom stereocenters. The van der Waals surface area contributed by atoms with E-state index in [0.29, 0.717) is 18.6 Å². The third-order valence-corrected chi connectivity index (χ3v) is 4.91. The molecule has 31 heavy (non-hydrogen) atoms. The van der Waals surface area contributed by atoms with Gasteiger partial charge in [-0.15, -0.1) is 0 Å². The third kappa shape index (κ3) is 5.10. The molecule has 0 fully saturated rings. The van der Waals surface area contributed by atoms with Crippen molar-refractivity contribution in [3.05, 3.63) is 92.1 Å². The van der Waals surface area contributed by atoms with Crippen LogP contribution in [0.15, 0.2) is 64.2 Å². The Morgan fingerprint density at radius 1 is 1.13 bits per heavy atom. The Morgan fingerprint density at radius 3 is 2.55 bits per heavy atom. The maximum Gasteiger partial charge on any atom is 0.330 e. The second-order valence-electron chi connectivity index (χ2n) is 7.24. The largest absolute Gasteiger partial charge is 0.385 e. The number of nitrogen functional groups attached to an aromatic ring is 1. The first-order valence-corrected chi connectivity index (χ1v) is 9.96. The van der Waals surface area contributed by atoms with Crippen molar-refractivity contribution in [2.24, 2.45) is 0 Å². The number of nitrogens with zero attached hydrogens (tertiary/aromatic N) is 2. The summed E-state index contributed by atoms with van der Waals surface area (Å²) in [4.78, 5) is 42.2. The van der Waals surface area contributed by atoms with Crippen molar-refractivity contribution in [3.63, 3.8) is 0 Å². The van der Waals surface area contributed by atoms with E-state index in [4.69, 9.17) is 10.5 Å². The van der Waals surface area contributed by atoms with Gasteiger partial charge in [-0.1, -0.05) is 48.0 Å². The Labute approximate surface area is 179 Å². The Bertz CT molecular complexity index is 1170. The van der Waals surface area contributed by atoms with E-state index in [2.05, 4.69) is 4.98 Å². The fraction of sp³-hybridized carbons (Fsp3) is 0.261. The van der Waals surface area contributed by atoms with Crippen molar-refractivity contribution in [2.75, 3.05) is 30.9 Å². The second-order valence-corrected chi connectivity index (χ2v) is 7.24. The highest BCUT2D eigenvalue weighted by Gasteiger charge is 2.25. The number of aromatic amines is 1. The van der Waals surface area contributed by atoms with Crippen LogP contribution in [0.25, 0.3) is 0 Å². The highest BCUT2D eigenvalue weighted by molar-refractivity contribution is 6.07. The van der Waals surface area contributed by atoms with Gasteiger partial charge in [-0.3, -0.25) is 19.1 Å². The van der Waals surface area contributed by atoms with Crippen LogP contribution < -0.4 is 21.9 Å². The molecular weight excluding hydrogens is 396 g/mol. The van der Waals surface area contributed by atoms with E-state index >= 15 is 0 Å². The van der Waals surface area contributed by atoms with Crippen LogP contribution in [0, 0.1) is 6.92 Å². The molecule has 0 spiro atoms. The molecule has 1 aromatic heterocycles. The molecule has 1 amide bonds. The highest BCUT2D eigenvalue weighted by Crippen LogP contribution is 2.21. The minimum atomic E-state index is -0.703. The van der Waals surface area contributed by atoms with Gasteiger partial charge in [0.25, 0.3) is 11.5 Å². The summed E-state index contributed by atoms with van der Waals surface area (Å²) in [6, 6.07) is 16.4. The first kappa shape index (κ1) is 22.0. The molecule has 0 bridgehead atoms. The summed E-state index contributed by atoms with van der Waals surface area (Å²) in [5, 5.41) is 0. The van der Waals surface area contributed by atoms with Crippen LogP contribution in [0.3, 0.4) is 0 Å². The molecule has 2 aromatic carbocycles. The molecule has 0 unspecified atom stereocenters. The number of amides is 1. The highest BCUT2D eigenvalue weighted by atomic mass is 16.5. The maximum atomic E-state index is 13.3. The van der Waals surface area contributed by atoms with Crippen LogP contribution in [0.4, 0.5) is 11.5 Å². The molecule has 0 aliphatic rings. The molecule has 0 saturated heterocycles. The van der Waals surface area contributed by atoms with Gasteiger partial charge in [-0.05, 0) is 31.0 Å². The predicted octanol–water partition coefficient (Wildman–Crippen LogP) is 2.16. The van der Waals surface area contributed by atoms with Crippen molar-refractivity contribution >= 4 is 17.4 Å². The molecule has 3 N–H and O–H groups in total. The van der Waals surface area contributed by atoms with E-state index in [1.807, 2.05) is 43.3 Å². The summed E-state index contributed by atoms with van der Waals surface area (Å²) in [7, 11) is 1.56. The van der Waals surface area contributed by atoms with Gasteiger partial charge in [0.05, 0.1) is 6.54 Å². The van der Waals surface area contributed by atoms with Gasteiger partial charge in [0, 0.05) is 25.8 Å². The van der Waals surface area contributed by atoms with E-state index in [1.165, 1.54) is 9.47 Å². The van der Waals surface area contributed by atoms with Gasteiger partial charge in [-0.25, -0.2) is 4.79 Å². The first-order valence-electron chi connectivity index (χ1n) is 9.96. The standard InChI is InChI=1S/C23H26N4O4/c1-16-8-6-11-18(14-16)22(29)26(12-7-13-31-2)19-20(24)27(23(30)25-21(19)28)15-17-9-4-3-5-10-17/h3-6,8-11,14H,7,12-13,15,24H2,1-2H3,(H,25,28,30). The van der Waals surface area contributed by atoms with Crippen molar-refractivity contribution in [1.82, 2.24) is 9.55 Å². The van der Waals surface area contributed by atoms with E-state index < -0.39 is 11.2 Å². The van der Waals surface area contributed by atoms with Crippen LogP contribution >= 0.6 is 0 Å². The number of nitrogens with one attached hydrogen (secondary N) is 1. The number of ether oxygens (including phenoxy) is 1. The topological polar surface area (TPSA) is 110 Å². The summed E-state index contributed by atoms with van der Waals surface area (Å²) in [6.07, 6.45) is 0.491. The van der Waals surface area contributed by atoms with E-state index in [-0.39, 0.29) is 30.5 Å². The zero-order valence-corrected chi connectivity index (χ0v) is 17.6. The minimum Gasteiger partial charge on any atom is -0.385 e. The molecule has 0 aliphatic carbocycles. The normalized spacial score (nSPS) is 10.8. The van der Waals surface area contributed by atoms with Crippen molar-refractivity contribution in [1.29, 1.82) is 0 Å². The van der Waals surface area contributed by atoms with Gasteiger partial charge in [-0.2, -0.15) is 0 Å². The molecular formula is C23H26N4O4. The van der Waals surface area contributed by atoms with E-state index in [1.54, 1.807) is 25.3 Å². The lowest BCUT2D eigenvalue weighted by Gasteiger charge is -2.25. The van der Waals surface area contributed by atoms with Crippen molar-refractivity contribution in [2.45, 2.75) is 19.9 Å². The van der Waals surface area contributed by atoms with Crippen LogP contribution in [0.1, 0.15) is 27.9 Å². The molecule has 1 heterocycles. The Balaban J connectivity index is 2.09. The van der Waals surface area contributed by atoms with Crippen LogP contribution in [0.2, 0.25) is 0 Å². The molecule has 162 valence electrons. The fourth-order valence-electron chi connectivity index (χ4n) is 3.38. The van der Waals surface area contributed by atoms with Crippen LogP contribution in [0.5, 0.6) is 0 Å². The number of methoxy groups -OCH3 is 1. The van der Waals surface area contributed by atoms with Gasteiger partial charge in [0.2, 0.25) is 0 Å². The SMILES string of the molecule is COCCCN(C(=O)c1cccc(C)c1)c1c(N)n(Cc2ccccc2)c(=O)[nH]c1=O. The average molecular weight is 422 g/mol. The number of carbonyl (C=O) groups is 1. The van der Waals surface area contributed by atoms with Crippen molar-refractivity contribution in [3.8, 4) is 0 Å². The number of rotatable bonds is 8. The average Bonchev–Trinajstić information content (AvgIpc) is 2.76. The molecule has 0 radical (unpaired) electrons. The van der Waals surface area contributed by atoms with Crippen molar-refractivity contribution < 1.29 is 9.53 Å². The predicted molar refractivity (Wildman–Crippen MR) is 121 cm³/mol. The maximum absolute atomic E-state index is 13.3. The smallest absolute Gasteiger partial charge is 0.330 e.